The number of amidine groups is 1. The van der Waals surface area contributed by atoms with E-state index in [2.05, 4.69) is 12.1 Å². The third-order valence-electron chi connectivity index (χ3n) is 2.70. The second-order valence-electron chi connectivity index (χ2n) is 4.36. The summed E-state index contributed by atoms with van der Waals surface area (Å²) in [4.78, 5) is 1.14. The highest BCUT2D eigenvalue weighted by molar-refractivity contribution is 7.98. The van der Waals surface area contributed by atoms with Crippen molar-refractivity contribution in [3.63, 3.8) is 0 Å². The van der Waals surface area contributed by atoms with Crippen molar-refractivity contribution < 1.29 is 4.39 Å². The zero-order valence-corrected chi connectivity index (χ0v) is 11.4. The SMILES string of the molecule is Cc1ccc(SCc2cc(F)cc(C(=N)N)c2)cc1. The normalized spacial score (nSPS) is 10.4. The van der Waals surface area contributed by atoms with Crippen LogP contribution in [0.4, 0.5) is 4.39 Å². The van der Waals surface area contributed by atoms with Gasteiger partial charge in [0.25, 0.3) is 0 Å². The number of hydrogen-bond acceptors (Lipinski definition) is 2. The maximum Gasteiger partial charge on any atom is 0.124 e. The van der Waals surface area contributed by atoms with Gasteiger partial charge in [-0.25, -0.2) is 4.39 Å². The summed E-state index contributed by atoms with van der Waals surface area (Å²) in [6.45, 7) is 2.04. The van der Waals surface area contributed by atoms with Gasteiger partial charge < -0.3 is 5.73 Å². The Bertz CT molecular complexity index is 594. The highest BCUT2D eigenvalue weighted by Gasteiger charge is 2.04. The molecule has 0 spiro atoms. The predicted molar refractivity (Wildman–Crippen MR) is 78.2 cm³/mol. The predicted octanol–water partition coefficient (Wildman–Crippen LogP) is 3.71. The summed E-state index contributed by atoms with van der Waals surface area (Å²) < 4.78 is 13.4. The molecule has 0 aliphatic carbocycles. The van der Waals surface area contributed by atoms with E-state index in [0.717, 1.165) is 10.5 Å². The Hall–Kier alpha value is -1.81. The summed E-state index contributed by atoms with van der Waals surface area (Å²) in [6.07, 6.45) is 0. The van der Waals surface area contributed by atoms with E-state index in [9.17, 15) is 4.39 Å². The Morgan fingerprint density at radius 2 is 1.89 bits per heavy atom. The molecule has 2 rings (SSSR count). The van der Waals surface area contributed by atoms with E-state index in [1.54, 1.807) is 17.8 Å². The molecule has 2 aromatic carbocycles. The first-order chi connectivity index (χ1) is 9.04. The lowest BCUT2D eigenvalue weighted by atomic mass is 10.1. The molecule has 0 aliphatic rings. The molecule has 0 fully saturated rings. The first kappa shape index (κ1) is 13.6. The van der Waals surface area contributed by atoms with Crippen LogP contribution in [0.2, 0.25) is 0 Å². The van der Waals surface area contributed by atoms with E-state index in [-0.39, 0.29) is 11.7 Å². The van der Waals surface area contributed by atoms with Crippen molar-refractivity contribution in [2.75, 3.05) is 0 Å². The number of halogens is 1. The number of aryl methyl sites for hydroxylation is 1. The monoisotopic (exact) mass is 274 g/mol. The number of nitrogens with one attached hydrogen (secondary N) is 1. The quantitative estimate of drug-likeness (QED) is 0.507. The summed E-state index contributed by atoms with van der Waals surface area (Å²) in [6, 6.07) is 12.7. The maximum atomic E-state index is 13.4. The van der Waals surface area contributed by atoms with E-state index in [0.29, 0.717) is 11.3 Å². The summed E-state index contributed by atoms with van der Waals surface area (Å²) in [5.74, 6) is 0.189. The van der Waals surface area contributed by atoms with Crippen LogP contribution in [0.3, 0.4) is 0 Å². The minimum atomic E-state index is -0.354. The Morgan fingerprint density at radius 1 is 1.21 bits per heavy atom. The van der Waals surface area contributed by atoms with Gasteiger partial charge in [0.2, 0.25) is 0 Å². The van der Waals surface area contributed by atoms with Crippen LogP contribution in [-0.2, 0) is 5.75 Å². The Labute approximate surface area is 116 Å². The van der Waals surface area contributed by atoms with Crippen LogP contribution >= 0.6 is 11.8 Å². The van der Waals surface area contributed by atoms with E-state index in [1.807, 2.05) is 19.1 Å². The average molecular weight is 274 g/mol. The number of rotatable bonds is 4. The number of benzene rings is 2. The van der Waals surface area contributed by atoms with Crippen molar-refractivity contribution in [2.24, 2.45) is 5.73 Å². The van der Waals surface area contributed by atoms with Crippen molar-refractivity contribution in [1.29, 1.82) is 5.41 Å². The smallest absolute Gasteiger partial charge is 0.124 e. The fourth-order valence-corrected chi connectivity index (χ4v) is 2.52. The summed E-state index contributed by atoms with van der Waals surface area (Å²) >= 11 is 1.63. The third kappa shape index (κ3) is 3.83. The second-order valence-corrected chi connectivity index (χ2v) is 5.41. The van der Waals surface area contributed by atoms with Crippen molar-refractivity contribution >= 4 is 17.6 Å². The lowest BCUT2D eigenvalue weighted by Crippen LogP contribution is -2.11. The molecule has 19 heavy (non-hydrogen) atoms. The molecule has 0 heterocycles. The first-order valence-electron chi connectivity index (χ1n) is 5.88. The van der Waals surface area contributed by atoms with Gasteiger partial charge in [-0.15, -0.1) is 11.8 Å². The summed E-state index contributed by atoms with van der Waals surface area (Å²) in [5, 5.41) is 7.35. The molecule has 0 radical (unpaired) electrons. The van der Waals surface area contributed by atoms with Gasteiger partial charge in [-0.1, -0.05) is 17.7 Å². The van der Waals surface area contributed by atoms with Crippen LogP contribution in [0.25, 0.3) is 0 Å². The topological polar surface area (TPSA) is 49.9 Å². The lowest BCUT2D eigenvalue weighted by Gasteiger charge is -2.06. The molecule has 2 aromatic rings. The Kier molecular flexibility index (Phi) is 4.22. The van der Waals surface area contributed by atoms with E-state index >= 15 is 0 Å². The van der Waals surface area contributed by atoms with Crippen LogP contribution in [0, 0.1) is 18.2 Å². The summed E-state index contributed by atoms with van der Waals surface area (Å²) in [5.41, 5.74) is 7.86. The summed E-state index contributed by atoms with van der Waals surface area (Å²) in [7, 11) is 0. The zero-order valence-electron chi connectivity index (χ0n) is 10.6. The van der Waals surface area contributed by atoms with Gasteiger partial charge in [-0.2, -0.15) is 0 Å². The third-order valence-corrected chi connectivity index (χ3v) is 3.78. The molecule has 0 aromatic heterocycles. The minimum Gasteiger partial charge on any atom is -0.384 e. The molecule has 0 amide bonds. The van der Waals surface area contributed by atoms with Crippen LogP contribution in [0.1, 0.15) is 16.7 Å². The molecule has 0 aliphatic heterocycles. The first-order valence-corrected chi connectivity index (χ1v) is 6.86. The fraction of sp³-hybridized carbons (Fsp3) is 0.133. The van der Waals surface area contributed by atoms with Crippen LogP contribution in [-0.4, -0.2) is 5.84 Å². The van der Waals surface area contributed by atoms with Gasteiger partial charge >= 0.3 is 0 Å². The molecule has 0 bridgehead atoms. The van der Waals surface area contributed by atoms with Crippen molar-refractivity contribution in [3.05, 3.63) is 65.0 Å². The average Bonchev–Trinajstić information content (AvgIpc) is 2.37. The molecule has 3 N–H and O–H groups in total. The van der Waals surface area contributed by atoms with Crippen LogP contribution in [0.15, 0.2) is 47.4 Å². The molecule has 0 atom stereocenters. The zero-order chi connectivity index (χ0) is 13.8. The van der Waals surface area contributed by atoms with Crippen LogP contribution < -0.4 is 5.73 Å². The molecule has 0 unspecified atom stereocenters. The fourth-order valence-electron chi connectivity index (χ4n) is 1.69. The molecular weight excluding hydrogens is 259 g/mol. The van der Waals surface area contributed by atoms with Crippen molar-refractivity contribution in [1.82, 2.24) is 0 Å². The molecule has 0 saturated carbocycles. The Balaban J connectivity index is 2.11. The van der Waals surface area contributed by atoms with Gasteiger partial charge in [0, 0.05) is 16.2 Å². The van der Waals surface area contributed by atoms with Crippen molar-refractivity contribution in [2.45, 2.75) is 17.6 Å². The second kappa shape index (κ2) is 5.89. The molecule has 4 heteroatoms. The highest BCUT2D eigenvalue weighted by Crippen LogP contribution is 2.24. The van der Waals surface area contributed by atoms with Crippen molar-refractivity contribution in [3.8, 4) is 0 Å². The number of thioether (sulfide) groups is 1. The minimum absolute atomic E-state index is 0.110. The van der Waals surface area contributed by atoms with Gasteiger partial charge in [-0.3, -0.25) is 5.41 Å². The molecule has 0 saturated heterocycles. The lowest BCUT2D eigenvalue weighted by molar-refractivity contribution is 0.626. The standard InChI is InChI=1S/C15H15FN2S/c1-10-2-4-14(5-3-10)19-9-11-6-12(15(17)18)8-13(16)7-11/h2-8H,9H2,1H3,(H3,17,18). The van der Waals surface area contributed by atoms with E-state index in [4.69, 9.17) is 11.1 Å². The van der Waals surface area contributed by atoms with Crippen LogP contribution in [0.5, 0.6) is 0 Å². The molecule has 2 nitrogen and oxygen atoms in total. The van der Waals surface area contributed by atoms with E-state index < -0.39 is 0 Å². The maximum absolute atomic E-state index is 13.4. The molecule has 98 valence electrons. The van der Waals surface area contributed by atoms with E-state index in [1.165, 1.54) is 17.7 Å². The highest BCUT2D eigenvalue weighted by atomic mass is 32.2. The molecular formula is C15H15FN2S. The largest absolute Gasteiger partial charge is 0.384 e. The van der Waals surface area contributed by atoms with Gasteiger partial charge in [-0.05, 0) is 42.8 Å². The van der Waals surface area contributed by atoms with Gasteiger partial charge in [0.05, 0.1) is 0 Å². The van der Waals surface area contributed by atoms with Gasteiger partial charge in [0.15, 0.2) is 0 Å². The number of nitrogen functional groups attached to an aromatic ring is 1. The number of hydrogen-bond donors (Lipinski definition) is 2. The van der Waals surface area contributed by atoms with Gasteiger partial charge in [0.1, 0.15) is 11.7 Å². The Morgan fingerprint density at radius 3 is 2.53 bits per heavy atom. The number of nitrogens with two attached hydrogens (primary N) is 1.